The maximum absolute atomic E-state index is 12.8. The minimum atomic E-state index is -0.0670. The molecule has 0 bridgehead atoms. The van der Waals surface area contributed by atoms with Crippen LogP contribution in [0.4, 0.5) is 0 Å². The maximum Gasteiger partial charge on any atom is 0.251 e. The van der Waals surface area contributed by atoms with Crippen LogP contribution in [0.25, 0.3) is 0 Å². The Morgan fingerprint density at radius 3 is 2.36 bits per heavy atom. The van der Waals surface area contributed by atoms with Crippen LogP contribution >= 0.6 is 0 Å². The Kier molecular flexibility index (Phi) is 6.41. The second-order valence-corrected chi connectivity index (χ2v) is 7.08. The molecule has 0 aromatic heterocycles. The van der Waals surface area contributed by atoms with E-state index in [1.807, 2.05) is 12.1 Å². The quantitative estimate of drug-likeness (QED) is 0.830. The van der Waals surface area contributed by atoms with Gasteiger partial charge in [0, 0.05) is 24.1 Å². The molecule has 1 saturated heterocycles. The lowest BCUT2D eigenvalue weighted by molar-refractivity contribution is 0.0904. The summed E-state index contributed by atoms with van der Waals surface area (Å²) in [6.07, 6.45) is 0.886. The zero-order valence-corrected chi connectivity index (χ0v) is 16.9. The molecule has 2 atom stereocenters. The molecular formula is C22H28N2O4. The standard InChI is InChI=1S/C22H28N2O4/c1-24-12-11-19(23-22(25)15-5-8-17(26-2)9-6-15)18(14-24)16-7-10-20(27-3)21(13-16)28-4/h5-10,13,18-19H,11-12,14H2,1-4H3,(H,23,25). The summed E-state index contributed by atoms with van der Waals surface area (Å²) < 4.78 is 16.0. The van der Waals surface area contributed by atoms with E-state index in [1.54, 1.807) is 45.6 Å². The Bertz CT molecular complexity index is 807. The second kappa shape index (κ2) is 8.97. The molecule has 1 fully saturated rings. The highest BCUT2D eigenvalue weighted by Gasteiger charge is 2.31. The van der Waals surface area contributed by atoms with Crippen molar-refractivity contribution in [3.8, 4) is 17.2 Å². The lowest BCUT2D eigenvalue weighted by Crippen LogP contribution is -2.48. The number of nitrogens with one attached hydrogen (secondary N) is 1. The summed E-state index contributed by atoms with van der Waals surface area (Å²) in [4.78, 5) is 15.1. The van der Waals surface area contributed by atoms with Gasteiger partial charge in [-0.15, -0.1) is 0 Å². The Morgan fingerprint density at radius 2 is 1.71 bits per heavy atom. The average molecular weight is 384 g/mol. The number of amides is 1. The number of benzene rings is 2. The molecule has 2 unspecified atom stereocenters. The van der Waals surface area contributed by atoms with Crippen molar-refractivity contribution in [1.82, 2.24) is 10.2 Å². The van der Waals surface area contributed by atoms with Crippen LogP contribution in [0, 0.1) is 0 Å². The highest BCUT2D eigenvalue weighted by atomic mass is 16.5. The molecule has 6 heteroatoms. The Labute approximate surface area is 166 Å². The van der Waals surface area contributed by atoms with Crippen LogP contribution in [0.15, 0.2) is 42.5 Å². The van der Waals surface area contributed by atoms with Gasteiger partial charge < -0.3 is 24.4 Å². The molecule has 1 amide bonds. The fourth-order valence-corrected chi connectivity index (χ4v) is 3.70. The first-order chi connectivity index (χ1) is 13.5. The normalized spacial score (nSPS) is 19.7. The van der Waals surface area contributed by atoms with E-state index in [0.29, 0.717) is 17.1 Å². The summed E-state index contributed by atoms with van der Waals surface area (Å²) >= 11 is 0. The van der Waals surface area contributed by atoms with Gasteiger partial charge in [-0.3, -0.25) is 4.79 Å². The van der Waals surface area contributed by atoms with E-state index in [1.165, 1.54) is 0 Å². The van der Waals surface area contributed by atoms with Crippen LogP contribution < -0.4 is 19.5 Å². The van der Waals surface area contributed by atoms with E-state index in [0.717, 1.165) is 30.8 Å². The summed E-state index contributed by atoms with van der Waals surface area (Å²) in [5.74, 6) is 2.24. The fraction of sp³-hybridized carbons (Fsp3) is 0.409. The van der Waals surface area contributed by atoms with E-state index in [2.05, 4.69) is 23.3 Å². The molecule has 3 rings (SSSR count). The van der Waals surface area contributed by atoms with Crippen molar-refractivity contribution in [2.45, 2.75) is 18.4 Å². The van der Waals surface area contributed by atoms with Crippen molar-refractivity contribution in [3.63, 3.8) is 0 Å². The lowest BCUT2D eigenvalue weighted by Gasteiger charge is -2.37. The summed E-state index contributed by atoms with van der Waals surface area (Å²) in [6.45, 7) is 1.81. The molecule has 1 heterocycles. The maximum atomic E-state index is 12.8. The molecule has 0 spiro atoms. The molecule has 1 N–H and O–H groups in total. The van der Waals surface area contributed by atoms with Crippen molar-refractivity contribution in [3.05, 3.63) is 53.6 Å². The SMILES string of the molecule is COc1ccc(C(=O)NC2CCN(C)CC2c2ccc(OC)c(OC)c2)cc1. The zero-order chi connectivity index (χ0) is 20.1. The monoisotopic (exact) mass is 384 g/mol. The molecular weight excluding hydrogens is 356 g/mol. The summed E-state index contributed by atoms with van der Waals surface area (Å²) in [6, 6.07) is 13.2. The molecule has 0 radical (unpaired) electrons. The van der Waals surface area contributed by atoms with Gasteiger partial charge in [-0.1, -0.05) is 6.07 Å². The van der Waals surface area contributed by atoms with E-state index >= 15 is 0 Å². The molecule has 1 aliphatic rings. The first-order valence-corrected chi connectivity index (χ1v) is 9.41. The number of hydrogen-bond acceptors (Lipinski definition) is 5. The smallest absolute Gasteiger partial charge is 0.251 e. The van der Waals surface area contributed by atoms with Gasteiger partial charge in [-0.2, -0.15) is 0 Å². The van der Waals surface area contributed by atoms with Gasteiger partial charge in [0.05, 0.1) is 21.3 Å². The third-order valence-corrected chi connectivity index (χ3v) is 5.32. The van der Waals surface area contributed by atoms with Crippen molar-refractivity contribution in [1.29, 1.82) is 0 Å². The minimum absolute atomic E-state index is 0.0453. The zero-order valence-electron chi connectivity index (χ0n) is 16.9. The third kappa shape index (κ3) is 4.39. The Hall–Kier alpha value is -2.73. The van der Waals surface area contributed by atoms with Crippen LogP contribution in [-0.4, -0.2) is 58.3 Å². The summed E-state index contributed by atoms with van der Waals surface area (Å²) in [7, 11) is 6.98. The lowest BCUT2D eigenvalue weighted by atomic mass is 9.85. The van der Waals surface area contributed by atoms with Gasteiger partial charge in [0.15, 0.2) is 11.5 Å². The van der Waals surface area contributed by atoms with Crippen LogP contribution in [0.5, 0.6) is 17.2 Å². The molecule has 28 heavy (non-hydrogen) atoms. The number of methoxy groups -OCH3 is 3. The molecule has 1 aliphatic heterocycles. The number of likely N-dealkylation sites (N-methyl/N-ethyl adjacent to an activating group) is 1. The van der Waals surface area contributed by atoms with Crippen molar-refractivity contribution in [2.75, 3.05) is 41.5 Å². The molecule has 2 aromatic carbocycles. The number of ether oxygens (including phenoxy) is 3. The van der Waals surface area contributed by atoms with Crippen molar-refractivity contribution >= 4 is 5.91 Å². The van der Waals surface area contributed by atoms with Crippen LogP contribution in [0.2, 0.25) is 0 Å². The topological polar surface area (TPSA) is 60.0 Å². The van der Waals surface area contributed by atoms with E-state index in [4.69, 9.17) is 14.2 Å². The van der Waals surface area contributed by atoms with Gasteiger partial charge in [-0.05, 0) is 62.0 Å². The molecule has 0 aliphatic carbocycles. The van der Waals surface area contributed by atoms with E-state index < -0.39 is 0 Å². The summed E-state index contributed by atoms with van der Waals surface area (Å²) in [5.41, 5.74) is 1.76. The number of nitrogens with zero attached hydrogens (tertiary/aromatic N) is 1. The minimum Gasteiger partial charge on any atom is -0.497 e. The van der Waals surface area contributed by atoms with Gasteiger partial charge in [-0.25, -0.2) is 0 Å². The highest BCUT2D eigenvalue weighted by Crippen LogP contribution is 2.34. The van der Waals surface area contributed by atoms with Crippen LogP contribution in [0.3, 0.4) is 0 Å². The van der Waals surface area contributed by atoms with Gasteiger partial charge in [0.1, 0.15) is 5.75 Å². The third-order valence-electron chi connectivity index (χ3n) is 5.32. The van der Waals surface area contributed by atoms with Crippen molar-refractivity contribution < 1.29 is 19.0 Å². The number of carbonyl (C=O) groups excluding carboxylic acids is 1. The summed E-state index contributed by atoms with van der Waals surface area (Å²) in [5, 5.41) is 3.23. The number of carbonyl (C=O) groups is 1. The molecule has 150 valence electrons. The molecule has 2 aromatic rings. The average Bonchev–Trinajstić information content (AvgIpc) is 2.74. The largest absolute Gasteiger partial charge is 0.497 e. The number of rotatable bonds is 6. The molecule has 6 nitrogen and oxygen atoms in total. The highest BCUT2D eigenvalue weighted by molar-refractivity contribution is 5.94. The van der Waals surface area contributed by atoms with Gasteiger partial charge in [0.2, 0.25) is 0 Å². The molecule has 0 saturated carbocycles. The van der Waals surface area contributed by atoms with Crippen molar-refractivity contribution in [2.24, 2.45) is 0 Å². The predicted molar refractivity (Wildman–Crippen MR) is 109 cm³/mol. The second-order valence-electron chi connectivity index (χ2n) is 7.08. The van der Waals surface area contributed by atoms with Crippen LogP contribution in [0.1, 0.15) is 28.3 Å². The number of piperidine rings is 1. The first-order valence-electron chi connectivity index (χ1n) is 9.41. The van der Waals surface area contributed by atoms with Gasteiger partial charge in [0.25, 0.3) is 5.91 Å². The Morgan fingerprint density at radius 1 is 1.00 bits per heavy atom. The number of likely N-dealkylation sites (tertiary alicyclic amines) is 1. The predicted octanol–water partition coefficient (Wildman–Crippen LogP) is 2.93. The van der Waals surface area contributed by atoms with E-state index in [9.17, 15) is 4.79 Å². The van der Waals surface area contributed by atoms with Crippen LogP contribution in [-0.2, 0) is 0 Å². The Balaban J connectivity index is 1.81. The van der Waals surface area contributed by atoms with Gasteiger partial charge >= 0.3 is 0 Å². The number of hydrogen-bond donors (Lipinski definition) is 1. The first kappa shape index (κ1) is 20.0. The van der Waals surface area contributed by atoms with E-state index in [-0.39, 0.29) is 17.9 Å². The fourth-order valence-electron chi connectivity index (χ4n) is 3.70.